The Morgan fingerprint density at radius 2 is 0.500 bits per heavy atom. The van der Waals surface area contributed by atoms with E-state index in [1.165, 1.54) is 0 Å². The molecule has 56 heavy (non-hydrogen) atoms. The molecule has 2 heterocycles. The maximum absolute atomic E-state index is 6.48. The van der Waals surface area contributed by atoms with E-state index in [0.29, 0.717) is 129 Å². The molecule has 0 aliphatic rings. The molecule has 2 aromatic heterocycles. The van der Waals surface area contributed by atoms with Gasteiger partial charge in [-0.2, -0.15) is 0 Å². The fraction of sp³-hybridized carbons (Fsp3) is 0.810. The number of aryl methyl sites for hydroxylation is 2. The second-order valence-corrected chi connectivity index (χ2v) is 15.4. The predicted octanol–water partition coefficient (Wildman–Crippen LogP) is 8.94. The summed E-state index contributed by atoms with van der Waals surface area (Å²) in [5.41, 5.74) is 0. The Hall–Kier alpha value is -1.72. The van der Waals surface area contributed by atoms with Crippen LogP contribution in [0.5, 0.6) is 23.0 Å². The fourth-order valence-electron chi connectivity index (χ4n) is 5.00. The summed E-state index contributed by atoms with van der Waals surface area (Å²) >= 11 is 3.21. The molecule has 0 saturated carbocycles. The van der Waals surface area contributed by atoms with Gasteiger partial charge >= 0.3 is 0 Å². The van der Waals surface area contributed by atoms with Crippen molar-refractivity contribution in [1.29, 1.82) is 0 Å². The third kappa shape index (κ3) is 22.4. The number of ether oxygens (including phenoxy) is 12. The van der Waals surface area contributed by atoms with Crippen molar-refractivity contribution in [2.45, 2.75) is 92.9 Å². The molecule has 12 nitrogen and oxygen atoms in total. The third-order valence-electron chi connectivity index (χ3n) is 8.13. The van der Waals surface area contributed by atoms with Crippen molar-refractivity contribution in [2.24, 2.45) is 0 Å². The average molecular weight is 835 g/mol. The van der Waals surface area contributed by atoms with Crippen molar-refractivity contribution in [1.82, 2.24) is 0 Å². The minimum atomic E-state index is 0.345. The molecular weight excluding hydrogens is 761 g/mol. The molecule has 0 amide bonds. The molecule has 2 rings (SSSR count). The van der Waals surface area contributed by atoms with Gasteiger partial charge in [-0.1, -0.05) is 53.4 Å². The van der Waals surface area contributed by atoms with Crippen molar-refractivity contribution in [2.75, 3.05) is 132 Å². The molecule has 0 spiro atoms. The number of unbranched alkanes of at least 4 members (excludes halogenated alkanes) is 4. The van der Waals surface area contributed by atoms with Crippen LogP contribution in [0.15, 0.2) is 0 Å². The molecule has 0 saturated heterocycles. The third-order valence-corrected chi connectivity index (χ3v) is 10.4. The summed E-state index contributed by atoms with van der Waals surface area (Å²) in [4.78, 5) is 3.80. The van der Waals surface area contributed by atoms with E-state index in [2.05, 4.69) is 27.7 Å². The lowest BCUT2D eigenvalue weighted by atomic mass is 10.3. The summed E-state index contributed by atoms with van der Waals surface area (Å²) in [6, 6.07) is 0. The highest BCUT2D eigenvalue weighted by molar-refractivity contribution is 7.23. The van der Waals surface area contributed by atoms with Crippen LogP contribution in [-0.2, 0) is 37.9 Å². The van der Waals surface area contributed by atoms with E-state index in [9.17, 15) is 0 Å². The Morgan fingerprint density at radius 3 is 0.750 bits per heavy atom. The zero-order valence-electron chi connectivity index (χ0n) is 35.5. The van der Waals surface area contributed by atoms with E-state index in [-0.39, 0.29) is 0 Å². The van der Waals surface area contributed by atoms with Crippen LogP contribution in [0.3, 0.4) is 0 Å². The normalized spacial score (nSPS) is 11.5. The van der Waals surface area contributed by atoms with E-state index in [4.69, 9.17) is 56.8 Å². The Morgan fingerprint density at radius 1 is 0.286 bits per heavy atom. The van der Waals surface area contributed by atoms with Crippen LogP contribution in [0.25, 0.3) is 9.75 Å². The molecule has 0 aromatic carbocycles. The Kier molecular flexibility index (Phi) is 31.7. The molecule has 2 aromatic rings. The van der Waals surface area contributed by atoms with Crippen LogP contribution in [0.4, 0.5) is 0 Å². The Labute approximate surface area is 346 Å². The van der Waals surface area contributed by atoms with Crippen LogP contribution < -0.4 is 18.9 Å². The van der Waals surface area contributed by atoms with Gasteiger partial charge in [-0.05, 0) is 39.5 Å². The van der Waals surface area contributed by atoms with Crippen molar-refractivity contribution >= 4 is 22.7 Å². The lowest BCUT2D eigenvalue weighted by Crippen LogP contribution is -2.13. The van der Waals surface area contributed by atoms with Gasteiger partial charge in [0.2, 0.25) is 0 Å². The molecule has 14 heteroatoms. The van der Waals surface area contributed by atoms with Gasteiger partial charge in [-0.25, -0.2) is 0 Å². The number of thiophene rings is 2. The van der Waals surface area contributed by atoms with E-state index < -0.39 is 0 Å². The quantitative estimate of drug-likeness (QED) is 0.0597. The number of rotatable bonds is 41. The van der Waals surface area contributed by atoms with E-state index >= 15 is 0 Å². The van der Waals surface area contributed by atoms with Crippen LogP contribution >= 0.6 is 22.7 Å². The monoisotopic (exact) mass is 834 g/mol. The van der Waals surface area contributed by atoms with Crippen LogP contribution in [-0.4, -0.2) is 132 Å². The maximum atomic E-state index is 6.48. The molecule has 0 unspecified atom stereocenters. The lowest BCUT2D eigenvalue weighted by molar-refractivity contribution is 0.0323. The summed E-state index contributed by atoms with van der Waals surface area (Å²) in [6.45, 7) is 23.2. The molecular formula is C42H74O12S2. The van der Waals surface area contributed by atoms with Crippen molar-refractivity contribution in [3.8, 4) is 32.8 Å². The van der Waals surface area contributed by atoms with E-state index in [1.54, 1.807) is 22.7 Å². The summed E-state index contributed by atoms with van der Waals surface area (Å²) in [6.07, 6.45) is 8.65. The molecule has 0 N–H and O–H groups in total. The summed E-state index contributed by atoms with van der Waals surface area (Å²) in [5.74, 6) is 2.69. The van der Waals surface area contributed by atoms with E-state index in [0.717, 1.165) is 97.3 Å². The SMILES string of the molecule is CCCCOCCOCCOc1c(C)sc(-c2sc(C)c(OCCOCCOCCCC)c2OCCOCCOCCCC)c1OCCOCCOCCCC. The number of hydrogen-bond donors (Lipinski definition) is 0. The molecule has 0 aliphatic carbocycles. The van der Waals surface area contributed by atoms with Gasteiger partial charge in [0.15, 0.2) is 23.0 Å². The fourth-order valence-corrected chi connectivity index (χ4v) is 7.21. The standard InChI is InChI=1S/C42H74O12S2/c1-7-11-15-43-19-23-47-27-31-51-37-35(5)55-41(39(37)53-33-29-49-25-21-45-17-13-9-3)42-40(54-34-30-50-26-22-46-18-14-10-4)38(36(6)56-42)52-32-28-48-24-20-44-16-12-8-2/h7-34H2,1-6H3. The first kappa shape index (κ1) is 50.4. The first-order valence-electron chi connectivity index (χ1n) is 21.0. The summed E-state index contributed by atoms with van der Waals surface area (Å²) < 4.78 is 71.5. The van der Waals surface area contributed by atoms with Gasteiger partial charge in [0, 0.05) is 36.2 Å². The van der Waals surface area contributed by atoms with Gasteiger partial charge in [0.05, 0.1) is 89.0 Å². The highest BCUT2D eigenvalue weighted by Gasteiger charge is 2.28. The molecule has 0 atom stereocenters. The molecule has 0 fully saturated rings. The molecule has 0 bridgehead atoms. The highest BCUT2D eigenvalue weighted by Crippen LogP contribution is 2.56. The first-order valence-corrected chi connectivity index (χ1v) is 22.6. The van der Waals surface area contributed by atoms with Crippen LogP contribution in [0.1, 0.15) is 88.8 Å². The smallest absolute Gasteiger partial charge is 0.181 e. The minimum absolute atomic E-state index is 0.345. The van der Waals surface area contributed by atoms with Crippen molar-refractivity contribution in [3.63, 3.8) is 0 Å². The Balaban J connectivity index is 2.19. The summed E-state index contributed by atoms with van der Waals surface area (Å²) in [7, 11) is 0. The zero-order valence-corrected chi connectivity index (χ0v) is 37.1. The predicted molar refractivity (Wildman–Crippen MR) is 225 cm³/mol. The van der Waals surface area contributed by atoms with Crippen LogP contribution in [0, 0.1) is 13.8 Å². The second-order valence-electron chi connectivity index (χ2n) is 13.0. The summed E-state index contributed by atoms with van der Waals surface area (Å²) in [5, 5.41) is 0. The molecule has 0 radical (unpaired) electrons. The van der Waals surface area contributed by atoms with Gasteiger partial charge in [0.1, 0.15) is 26.4 Å². The average Bonchev–Trinajstić information content (AvgIpc) is 3.68. The van der Waals surface area contributed by atoms with Gasteiger partial charge in [0.25, 0.3) is 0 Å². The van der Waals surface area contributed by atoms with E-state index in [1.807, 2.05) is 13.8 Å². The topological polar surface area (TPSA) is 111 Å². The molecule has 0 aliphatic heterocycles. The van der Waals surface area contributed by atoms with Gasteiger partial charge < -0.3 is 56.8 Å². The van der Waals surface area contributed by atoms with Gasteiger partial charge in [-0.15, -0.1) is 22.7 Å². The molecule has 326 valence electrons. The second kappa shape index (κ2) is 35.2. The maximum Gasteiger partial charge on any atom is 0.181 e. The minimum Gasteiger partial charge on any atom is -0.486 e. The highest BCUT2D eigenvalue weighted by atomic mass is 32.1. The Bertz CT molecular complexity index is 1100. The first-order chi connectivity index (χ1) is 27.6. The van der Waals surface area contributed by atoms with Crippen molar-refractivity contribution in [3.05, 3.63) is 9.75 Å². The zero-order chi connectivity index (χ0) is 40.3. The van der Waals surface area contributed by atoms with Gasteiger partial charge in [-0.3, -0.25) is 0 Å². The number of hydrogen-bond acceptors (Lipinski definition) is 14. The van der Waals surface area contributed by atoms with Crippen LogP contribution in [0.2, 0.25) is 0 Å². The lowest BCUT2D eigenvalue weighted by Gasteiger charge is -2.14. The van der Waals surface area contributed by atoms with Crippen molar-refractivity contribution < 1.29 is 56.8 Å². The largest absolute Gasteiger partial charge is 0.486 e.